The molecule has 154 valence electrons. The van der Waals surface area contributed by atoms with Gasteiger partial charge in [-0.1, -0.05) is 5.16 Å². The van der Waals surface area contributed by atoms with Crippen molar-refractivity contribution in [2.24, 2.45) is 11.1 Å². The molecule has 0 radical (unpaired) electrons. The number of hydrogen-bond acceptors (Lipinski definition) is 11. The van der Waals surface area contributed by atoms with E-state index in [9.17, 15) is 24.3 Å². The second-order valence-electron chi connectivity index (χ2n) is 6.45. The zero-order chi connectivity index (χ0) is 20.9. The minimum absolute atomic E-state index is 0.0806. The van der Waals surface area contributed by atoms with Crippen LogP contribution in [0.15, 0.2) is 10.5 Å². The molecular formula is C15H15N5O7S2. The van der Waals surface area contributed by atoms with Crippen LogP contribution >= 0.6 is 23.1 Å². The lowest BCUT2D eigenvalue weighted by Gasteiger charge is -2.56. The molecule has 4 heterocycles. The van der Waals surface area contributed by atoms with Crippen LogP contribution < -0.4 is 11.1 Å². The molecule has 1 aromatic heterocycles. The fraction of sp³-hybridized carbons (Fsp3) is 0.467. The summed E-state index contributed by atoms with van der Waals surface area (Å²) in [5.41, 5.74) is 3.56. The number of carbonyl (C=O) groups is 4. The summed E-state index contributed by atoms with van der Waals surface area (Å²) in [5, 5.41) is 16.9. The first kappa shape index (κ1) is 19.4. The number of rotatable bonds is 5. The molecule has 4 atom stereocenters. The highest BCUT2D eigenvalue weighted by Crippen LogP contribution is 2.51. The average Bonchev–Trinajstić information content (AvgIpc) is 3.25. The van der Waals surface area contributed by atoms with Gasteiger partial charge in [-0.15, -0.1) is 23.1 Å². The molecule has 14 heteroatoms. The van der Waals surface area contributed by atoms with Crippen LogP contribution in [-0.4, -0.2) is 74.5 Å². The van der Waals surface area contributed by atoms with Gasteiger partial charge in [-0.05, 0) is 0 Å². The van der Waals surface area contributed by atoms with Gasteiger partial charge in [0.05, 0.1) is 6.42 Å². The summed E-state index contributed by atoms with van der Waals surface area (Å²) in [6, 6.07) is -1.01. The van der Waals surface area contributed by atoms with E-state index < -0.39 is 46.8 Å². The first-order chi connectivity index (χ1) is 13.8. The van der Waals surface area contributed by atoms with Crippen LogP contribution in [0.25, 0.3) is 0 Å². The number of β-lactam (4-membered cyclic amide) rings is 1. The molecule has 0 aromatic carbocycles. The molecule has 0 bridgehead atoms. The molecule has 0 spiro atoms. The highest BCUT2D eigenvalue weighted by molar-refractivity contribution is 8.00. The Labute approximate surface area is 171 Å². The molecule has 1 aromatic rings. The van der Waals surface area contributed by atoms with Crippen LogP contribution in [-0.2, 0) is 28.8 Å². The standard InChI is InChI=1S/C15H15N5O7S2/c1-26-19-8(6-4-29-14(16)17-6)10(22)18-9-11(23)20-12(9)28-3-5-2-7(21)27-15(5,20)13(24)25/h4-5,9,12H,2-3H2,1H3,(H2,16,17)(H,18,22)(H,24,25)/b19-8-/t5-,9-,12-,15-/m1/s1. The summed E-state index contributed by atoms with van der Waals surface area (Å²) >= 11 is 2.38. The maximum atomic E-state index is 12.8. The summed E-state index contributed by atoms with van der Waals surface area (Å²) in [5.74, 6) is -3.83. The third kappa shape index (κ3) is 2.81. The SMILES string of the molecule is CO/N=C(\C(=O)N[C@@H]1C(=O)N2[C@@H]1SC[C@H]1CC(=O)O[C@@]12C(=O)O)c1csc(N)n1. The lowest BCUT2D eigenvalue weighted by Crippen LogP contribution is -2.80. The van der Waals surface area contributed by atoms with Gasteiger partial charge >= 0.3 is 11.9 Å². The van der Waals surface area contributed by atoms with Crippen LogP contribution in [0.1, 0.15) is 12.1 Å². The summed E-state index contributed by atoms with van der Waals surface area (Å²) in [6.45, 7) is 0. The van der Waals surface area contributed by atoms with Crippen molar-refractivity contribution in [2.45, 2.75) is 23.6 Å². The van der Waals surface area contributed by atoms with Crippen molar-refractivity contribution >= 4 is 57.7 Å². The highest BCUT2D eigenvalue weighted by Gasteiger charge is 2.71. The smallest absolute Gasteiger partial charge is 0.370 e. The number of amides is 2. The number of thiazole rings is 1. The number of thioether (sulfide) groups is 1. The number of hydrogen-bond donors (Lipinski definition) is 3. The second kappa shape index (κ2) is 6.88. The minimum Gasteiger partial charge on any atom is -0.477 e. The Morgan fingerprint density at radius 2 is 2.28 bits per heavy atom. The summed E-state index contributed by atoms with van der Waals surface area (Å²) in [7, 11) is 1.25. The van der Waals surface area contributed by atoms with Gasteiger partial charge in [0.25, 0.3) is 17.5 Å². The quantitative estimate of drug-likeness (QED) is 0.218. The van der Waals surface area contributed by atoms with E-state index in [0.29, 0.717) is 5.75 Å². The van der Waals surface area contributed by atoms with Gasteiger partial charge in [0.2, 0.25) is 0 Å². The van der Waals surface area contributed by atoms with E-state index in [1.54, 1.807) is 0 Å². The molecule has 0 unspecified atom stereocenters. The number of carboxylic acids is 1. The Morgan fingerprint density at radius 3 is 2.90 bits per heavy atom. The van der Waals surface area contributed by atoms with Gasteiger partial charge in [-0.2, -0.15) is 0 Å². The lowest BCUT2D eigenvalue weighted by molar-refractivity contribution is -0.215. The Morgan fingerprint density at radius 1 is 1.52 bits per heavy atom. The first-order valence-electron chi connectivity index (χ1n) is 8.33. The number of carboxylic acid groups (broad SMARTS) is 1. The number of nitrogens with zero attached hydrogens (tertiary/aromatic N) is 3. The van der Waals surface area contributed by atoms with E-state index in [1.165, 1.54) is 24.3 Å². The molecular weight excluding hydrogens is 426 g/mol. The van der Waals surface area contributed by atoms with Gasteiger partial charge in [0.15, 0.2) is 10.8 Å². The summed E-state index contributed by atoms with van der Waals surface area (Å²) in [6.07, 6.45) is -0.0806. The van der Waals surface area contributed by atoms with Crippen molar-refractivity contribution < 1.29 is 33.9 Å². The molecule has 3 aliphatic heterocycles. The number of nitrogen functional groups attached to an aromatic ring is 1. The fourth-order valence-electron chi connectivity index (χ4n) is 3.61. The van der Waals surface area contributed by atoms with E-state index in [2.05, 4.69) is 20.3 Å². The van der Waals surface area contributed by atoms with Crippen LogP contribution in [0.2, 0.25) is 0 Å². The van der Waals surface area contributed by atoms with Crippen LogP contribution in [0, 0.1) is 5.92 Å². The largest absolute Gasteiger partial charge is 0.477 e. The maximum Gasteiger partial charge on any atom is 0.370 e. The summed E-state index contributed by atoms with van der Waals surface area (Å²) in [4.78, 5) is 58.8. The fourth-order valence-corrected chi connectivity index (χ4v) is 5.72. The highest BCUT2D eigenvalue weighted by atomic mass is 32.2. The number of oxime groups is 1. The van der Waals surface area contributed by atoms with Gasteiger partial charge < -0.3 is 25.7 Å². The maximum absolute atomic E-state index is 12.8. The minimum atomic E-state index is -2.03. The van der Waals surface area contributed by atoms with E-state index in [-0.39, 0.29) is 23.0 Å². The number of nitrogens with one attached hydrogen (secondary N) is 1. The van der Waals surface area contributed by atoms with Crippen molar-refractivity contribution in [3.05, 3.63) is 11.1 Å². The number of nitrogens with two attached hydrogens (primary N) is 1. The molecule has 12 nitrogen and oxygen atoms in total. The van der Waals surface area contributed by atoms with Gasteiger partial charge in [0.1, 0.15) is 24.2 Å². The number of anilines is 1. The Hall–Kier alpha value is -2.87. The van der Waals surface area contributed by atoms with Crippen molar-refractivity contribution in [2.75, 3.05) is 18.6 Å². The third-order valence-corrected chi connectivity index (χ3v) is 6.95. The first-order valence-corrected chi connectivity index (χ1v) is 10.3. The molecule has 0 aliphatic carbocycles. The molecule has 29 heavy (non-hydrogen) atoms. The lowest BCUT2D eigenvalue weighted by atomic mass is 9.89. The molecule has 3 aliphatic rings. The number of aromatic nitrogens is 1. The monoisotopic (exact) mass is 441 g/mol. The van der Waals surface area contributed by atoms with Gasteiger partial charge in [-0.3, -0.25) is 19.3 Å². The van der Waals surface area contributed by atoms with Gasteiger partial charge in [-0.25, -0.2) is 9.78 Å². The summed E-state index contributed by atoms with van der Waals surface area (Å²) < 4.78 is 5.10. The number of fused-ring (bicyclic) bond motifs is 3. The van der Waals surface area contributed by atoms with Crippen LogP contribution in [0.4, 0.5) is 5.13 Å². The van der Waals surface area contributed by atoms with Crippen molar-refractivity contribution in [3.63, 3.8) is 0 Å². The predicted octanol–water partition coefficient (Wildman–Crippen LogP) is -1.18. The predicted molar refractivity (Wildman–Crippen MR) is 99.7 cm³/mol. The van der Waals surface area contributed by atoms with Crippen molar-refractivity contribution in [1.82, 2.24) is 15.2 Å². The zero-order valence-corrected chi connectivity index (χ0v) is 16.5. The molecule has 4 N–H and O–H groups in total. The number of carbonyl (C=O) groups excluding carboxylic acids is 3. The Kier molecular flexibility index (Phi) is 4.61. The second-order valence-corrected chi connectivity index (χ2v) is 8.49. The average molecular weight is 441 g/mol. The molecule has 3 saturated heterocycles. The van der Waals surface area contributed by atoms with Crippen LogP contribution in [0.5, 0.6) is 0 Å². The van der Waals surface area contributed by atoms with E-state index in [4.69, 9.17) is 10.5 Å². The number of esters is 1. The molecule has 3 fully saturated rings. The molecule has 0 saturated carbocycles. The topological polar surface area (TPSA) is 174 Å². The Balaban J connectivity index is 1.56. The number of ether oxygens (including phenoxy) is 1. The van der Waals surface area contributed by atoms with Crippen LogP contribution in [0.3, 0.4) is 0 Å². The van der Waals surface area contributed by atoms with E-state index in [1.807, 2.05) is 0 Å². The van der Waals surface area contributed by atoms with Crippen molar-refractivity contribution in [3.8, 4) is 0 Å². The third-order valence-electron chi connectivity index (χ3n) is 4.86. The normalized spacial score (nSPS) is 30.7. The van der Waals surface area contributed by atoms with E-state index >= 15 is 0 Å². The molecule has 4 rings (SSSR count). The number of aliphatic carboxylic acids is 1. The Bertz CT molecular complexity index is 949. The van der Waals surface area contributed by atoms with E-state index in [0.717, 1.165) is 16.2 Å². The van der Waals surface area contributed by atoms with Crippen molar-refractivity contribution in [1.29, 1.82) is 0 Å². The zero-order valence-electron chi connectivity index (χ0n) is 14.9. The molecule has 2 amide bonds. The van der Waals surface area contributed by atoms with Gasteiger partial charge in [0, 0.05) is 17.1 Å².